The van der Waals surface area contributed by atoms with Crippen molar-refractivity contribution in [2.45, 2.75) is 19.3 Å². The van der Waals surface area contributed by atoms with Crippen LogP contribution in [0.1, 0.15) is 19.3 Å². The molecule has 1 aliphatic heterocycles. The van der Waals surface area contributed by atoms with E-state index >= 15 is 0 Å². The Morgan fingerprint density at radius 3 is 2.89 bits per heavy atom. The number of rotatable bonds is 0. The zero-order valence-corrected chi connectivity index (χ0v) is 5.35. The summed E-state index contributed by atoms with van der Waals surface area (Å²) in [5.41, 5.74) is 0. The molecule has 2 nitrogen and oxygen atoms in total. The van der Waals surface area contributed by atoms with Crippen molar-refractivity contribution < 1.29 is 9.53 Å². The summed E-state index contributed by atoms with van der Waals surface area (Å²) in [7, 11) is 0. The molecule has 0 saturated carbocycles. The molecule has 0 radical (unpaired) electrons. The highest BCUT2D eigenvalue weighted by Crippen LogP contribution is 2.10. The molecule has 1 saturated heterocycles. The molecule has 1 heterocycles. The van der Waals surface area contributed by atoms with Gasteiger partial charge in [0.2, 0.25) is 0 Å². The second kappa shape index (κ2) is 2.67. The smallest absolute Gasteiger partial charge is 0.136 e. The lowest BCUT2D eigenvalue weighted by atomic mass is 10.2. The van der Waals surface area contributed by atoms with Crippen molar-refractivity contribution in [3.05, 3.63) is 12.3 Å². The van der Waals surface area contributed by atoms with Gasteiger partial charge in [0.1, 0.15) is 5.78 Å². The molecule has 0 aliphatic carbocycles. The van der Waals surface area contributed by atoms with E-state index in [9.17, 15) is 4.79 Å². The van der Waals surface area contributed by atoms with Gasteiger partial charge in [0.05, 0.1) is 12.4 Å². The standard InChI is InChI=1S/C7H10O2/c1-6-2-3-7(8)4-5-9-6/h1-5H2. The number of allylic oxidation sites excluding steroid dienone is 1. The van der Waals surface area contributed by atoms with E-state index in [4.69, 9.17) is 4.74 Å². The van der Waals surface area contributed by atoms with E-state index in [0.717, 1.165) is 5.76 Å². The van der Waals surface area contributed by atoms with Gasteiger partial charge < -0.3 is 4.74 Å². The van der Waals surface area contributed by atoms with E-state index in [0.29, 0.717) is 25.9 Å². The molecule has 0 aromatic rings. The average Bonchev–Trinajstić information content (AvgIpc) is 1.97. The summed E-state index contributed by atoms with van der Waals surface area (Å²) in [6, 6.07) is 0. The summed E-state index contributed by atoms with van der Waals surface area (Å²) in [6.07, 6.45) is 1.87. The number of ether oxygens (including phenoxy) is 1. The van der Waals surface area contributed by atoms with Crippen molar-refractivity contribution in [2.75, 3.05) is 6.61 Å². The quantitative estimate of drug-likeness (QED) is 0.488. The topological polar surface area (TPSA) is 26.3 Å². The van der Waals surface area contributed by atoms with E-state index in [1.807, 2.05) is 0 Å². The monoisotopic (exact) mass is 126 g/mol. The molecule has 0 unspecified atom stereocenters. The number of hydrogen-bond acceptors (Lipinski definition) is 2. The van der Waals surface area contributed by atoms with E-state index in [2.05, 4.69) is 6.58 Å². The Morgan fingerprint density at radius 1 is 1.33 bits per heavy atom. The minimum Gasteiger partial charge on any atom is -0.498 e. The number of ketones is 1. The Hall–Kier alpha value is -0.790. The first-order valence-corrected chi connectivity index (χ1v) is 3.11. The van der Waals surface area contributed by atoms with Crippen molar-refractivity contribution in [3.63, 3.8) is 0 Å². The molecule has 2 heteroatoms. The lowest BCUT2D eigenvalue weighted by molar-refractivity contribution is -0.119. The van der Waals surface area contributed by atoms with E-state index < -0.39 is 0 Å². The summed E-state index contributed by atoms with van der Waals surface area (Å²) in [4.78, 5) is 10.7. The Kier molecular flexibility index (Phi) is 1.88. The molecular weight excluding hydrogens is 116 g/mol. The van der Waals surface area contributed by atoms with Gasteiger partial charge in [-0.2, -0.15) is 0 Å². The zero-order valence-electron chi connectivity index (χ0n) is 5.35. The van der Waals surface area contributed by atoms with Crippen molar-refractivity contribution in [3.8, 4) is 0 Å². The molecule has 0 spiro atoms. The Labute approximate surface area is 54.5 Å². The number of carbonyl (C=O) groups is 1. The third-order valence-corrected chi connectivity index (χ3v) is 1.37. The first-order valence-electron chi connectivity index (χ1n) is 3.11. The van der Waals surface area contributed by atoms with Crippen LogP contribution in [0, 0.1) is 0 Å². The van der Waals surface area contributed by atoms with E-state index in [1.54, 1.807) is 0 Å². The maximum absolute atomic E-state index is 10.7. The molecule has 0 aromatic carbocycles. The lowest BCUT2D eigenvalue weighted by Gasteiger charge is -1.99. The second-order valence-corrected chi connectivity index (χ2v) is 2.18. The van der Waals surface area contributed by atoms with Gasteiger partial charge in [0.15, 0.2) is 0 Å². The van der Waals surface area contributed by atoms with E-state index in [1.165, 1.54) is 0 Å². The van der Waals surface area contributed by atoms with Crippen LogP contribution >= 0.6 is 0 Å². The summed E-state index contributed by atoms with van der Waals surface area (Å²) in [6.45, 7) is 4.16. The first-order chi connectivity index (χ1) is 4.29. The van der Waals surface area contributed by atoms with Gasteiger partial charge in [-0.25, -0.2) is 0 Å². The molecule has 1 rings (SSSR count). The number of hydrogen-bond donors (Lipinski definition) is 0. The van der Waals surface area contributed by atoms with Gasteiger partial charge in [-0.3, -0.25) is 4.79 Å². The fourth-order valence-electron chi connectivity index (χ4n) is 0.785. The van der Waals surface area contributed by atoms with Crippen LogP contribution in [0.4, 0.5) is 0 Å². The first kappa shape index (κ1) is 6.33. The van der Waals surface area contributed by atoms with Crippen LogP contribution in [0.15, 0.2) is 12.3 Å². The minimum absolute atomic E-state index is 0.286. The maximum Gasteiger partial charge on any atom is 0.136 e. The Morgan fingerprint density at radius 2 is 2.11 bits per heavy atom. The molecule has 0 atom stereocenters. The second-order valence-electron chi connectivity index (χ2n) is 2.18. The SMILES string of the molecule is C=C1CCC(=O)CCO1. The molecular formula is C7H10O2. The predicted molar refractivity (Wildman–Crippen MR) is 33.9 cm³/mol. The van der Waals surface area contributed by atoms with Crippen LogP contribution in [-0.4, -0.2) is 12.4 Å². The van der Waals surface area contributed by atoms with Crippen molar-refractivity contribution >= 4 is 5.78 Å². The molecule has 1 fully saturated rings. The normalized spacial score (nSPS) is 20.9. The summed E-state index contributed by atoms with van der Waals surface area (Å²) in [5.74, 6) is 1.04. The van der Waals surface area contributed by atoms with Gasteiger partial charge in [0.25, 0.3) is 0 Å². The van der Waals surface area contributed by atoms with Crippen molar-refractivity contribution in [1.29, 1.82) is 0 Å². The Balaban J connectivity index is 2.43. The number of carbonyl (C=O) groups excluding carboxylic acids is 1. The molecule has 9 heavy (non-hydrogen) atoms. The van der Waals surface area contributed by atoms with Crippen LogP contribution in [-0.2, 0) is 9.53 Å². The fourth-order valence-corrected chi connectivity index (χ4v) is 0.785. The summed E-state index contributed by atoms with van der Waals surface area (Å²) in [5, 5.41) is 0. The van der Waals surface area contributed by atoms with Crippen molar-refractivity contribution in [2.24, 2.45) is 0 Å². The molecule has 0 N–H and O–H groups in total. The molecule has 0 bridgehead atoms. The van der Waals surface area contributed by atoms with Crippen LogP contribution < -0.4 is 0 Å². The van der Waals surface area contributed by atoms with Crippen LogP contribution in [0.5, 0.6) is 0 Å². The average molecular weight is 126 g/mol. The molecule has 0 amide bonds. The van der Waals surface area contributed by atoms with Crippen molar-refractivity contribution in [1.82, 2.24) is 0 Å². The summed E-state index contributed by atoms with van der Waals surface area (Å²) >= 11 is 0. The predicted octanol–water partition coefficient (Wildman–Crippen LogP) is 1.27. The lowest BCUT2D eigenvalue weighted by Crippen LogP contribution is -1.96. The molecule has 1 aliphatic rings. The van der Waals surface area contributed by atoms with E-state index in [-0.39, 0.29) is 5.78 Å². The maximum atomic E-state index is 10.7. The molecule has 0 aromatic heterocycles. The van der Waals surface area contributed by atoms with Gasteiger partial charge in [-0.15, -0.1) is 0 Å². The third-order valence-electron chi connectivity index (χ3n) is 1.37. The minimum atomic E-state index is 0.286. The number of Topliss-reactive ketones (excluding diaryl/α,β-unsaturated/α-hetero) is 1. The van der Waals surface area contributed by atoms with Crippen LogP contribution in [0.25, 0.3) is 0 Å². The third kappa shape index (κ3) is 1.88. The summed E-state index contributed by atoms with van der Waals surface area (Å²) < 4.78 is 5.06. The zero-order chi connectivity index (χ0) is 6.69. The largest absolute Gasteiger partial charge is 0.498 e. The van der Waals surface area contributed by atoms with Gasteiger partial charge in [-0.1, -0.05) is 6.58 Å². The van der Waals surface area contributed by atoms with Gasteiger partial charge in [-0.05, 0) is 0 Å². The van der Waals surface area contributed by atoms with Gasteiger partial charge in [0, 0.05) is 19.3 Å². The highest BCUT2D eigenvalue weighted by atomic mass is 16.5. The van der Waals surface area contributed by atoms with Crippen LogP contribution in [0.2, 0.25) is 0 Å². The van der Waals surface area contributed by atoms with Crippen LogP contribution in [0.3, 0.4) is 0 Å². The Bertz CT molecular complexity index is 122. The molecule has 50 valence electrons. The highest BCUT2D eigenvalue weighted by molar-refractivity contribution is 5.78. The van der Waals surface area contributed by atoms with Gasteiger partial charge >= 0.3 is 0 Å². The fraction of sp³-hybridized carbons (Fsp3) is 0.571. The highest BCUT2D eigenvalue weighted by Gasteiger charge is 2.08.